The molecule has 160 valence electrons. The summed E-state index contributed by atoms with van der Waals surface area (Å²) in [7, 11) is 0. The van der Waals surface area contributed by atoms with E-state index >= 15 is 0 Å². The Morgan fingerprint density at radius 2 is 2.03 bits per heavy atom. The molecule has 3 aromatic rings. The van der Waals surface area contributed by atoms with Gasteiger partial charge in [0, 0.05) is 19.3 Å². The highest BCUT2D eigenvalue weighted by Gasteiger charge is 2.40. The number of hydrogen-bond donors (Lipinski definition) is 2. The van der Waals surface area contributed by atoms with Gasteiger partial charge in [0.25, 0.3) is 0 Å². The number of aromatic amines is 1. The van der Waals surface area contributed by atoms with Gasteiger partial charge in [0.05, 0.1) is 17.6 Å². The average molecular weight is 420 g/mol. The molecule has 0 saturated heterocycles. The molecule has 8 heteroatoms. The van der Waals surface area contributed by atoms with Gasteiger partial charge in [0.15, 0.2) is 0 Å². The lowest BCUT2D eigenvalue weighted by Crippen LogP contribution is -2.47. The van der Waals surface area contributed by atoms with Crippen LogP contribution in [0.25, 0.3) is 11.4 Å². The predicted molar refractivity (Wildman–Crippen MR) is 113 cm³/mol. The summed E-state index contributed by atoms with van der Waals surface area (Å²) in [5.41, 5.74) is 3.36. The fourth-order valence-corrected chi connectivity index (χ4v) is 3.55. The average Bonchev–Trinajstić information content (AvgIpc) is 3.32. The molecule has 4 rings (SSSR count). The second kappa shape index (κ2) is 8.22. The molecule has 0 unspecified atom stereocenters. The third-order valence-electron chi connectivity index (χ3n) is 5.56. The summed E-state index contributed by atoms with van der Waals surface area (Å²) >= 11 is 0. The lowest BCUT2D eigenvalue weighted by atomic mass is 9.89. The Morgan fingerprint density at radius 3 is 2.71 bits per heavy atom. The molecule has 1 aromatic carbocycles. The Hall–Kier alpha value is -3.68. The lowest BCUT2D eigenvalue weighted by molar-refractivity contribution is -0.158. The minimum Gasteiger partial charge on any atom is -0.487 e. The molecule has 0 fully saturated rings. The normalized spacial score (nSPS) is 13.5. The molecule has 1 aliphatic rings. The van der Waals surface area contributed by atoms with Gasteiger partial charge in [-0.25, -0.2) is 0 Å². The number of rotatable bonds is 6. The second-order valence-electron chi connectivity index (χ2n) is 8.15. The van der Waals surface area contributed by atoms with E-state index in [0.29, 0.717) is 31.9 Å². The molecule has 31 heavy (non-hydrogen) atoms. The van der Waals surface area contributed by atoms with Gasteiger partial charge in [-0.1, -0.05) is 18.2 Å². The number of aromatic nitrogens is 3. The van der Waals surface area contributed by atoms with Crippen molar-refractivity contribution in [3.8, 4) is 17.1 Å². The lowest BCUT2D eigenvalue weighted by Gasteiger charge is -2.33. The van der Waals surface area contributed by atoms with Crippen LogP contribution in [0, 0.1) is 5.41 Å². The number of H-pyrrole nitrogens is 1. The molecule has 0 aliphatic carbocycles. The van der Waals surface area contributed by atoms with Crippen molar-refractivity contribution in [2.75, 3.05) is 6.54 Å². The molecule has 0 spiro atoms. The van der Waals surface area contributed by atoms with E-state index in [0.717, 1.165) is 22.5 Å². The van der Waals surface area contributed by atoms with Gasteiger partial charge in [0.2, 0.25) is 5.91 Å². The number of aliphatic carboxylic acids is 1. The van der Waals surface area contributed by atoms with E-state index in [1.54, 1.807) is 17.3 Å². The number of pyridine rings is 1. The third-order valence-corrected chi connectivity index (χ3v) is 5.56. The predicted octanol–water partition coefficient (Wildman–Crippen LogP) is 3.05. The topological polar surface area (TPSA) is 108 Å². The van der Waals surface area contributed by atoms with E-state index in [-0.39, 0.29) is 5.91 Å². The Balaban J connectivity index is 1.42. The molecule has 8 nitrogen and oxygen atoms in total. The molecule has 2 aromatic heterocycles. The van der Waals surface area contributed by atoms with Crippen LogP contribution in [0.2, 0.25) is 0 Å². The number of carboxylic acid groups (broad SMARTS) is 1. The number of nitrogens with zero attached hydrogens (tertiary/aromatic N) is 3. The summed E-state index contributed by atoms with van der Waals surface area (Å²) in [6, 6.07) is 11.7. The van der Waals surface area contributed by atoms with Crippen molar-refractivity contribution < 1.29 is 19.4 Å². The van der Waals surface area contributed by atoms with Crippen LogP contribution in [0.15, 0.2) is 48.8 Å². The van der Waals surface area contributed by atoms with E-state index in [1.807, 2.05) is 30.3 Å². The molecule has 1 amide bonds. The van der Waals surface area contributed by atoms with Crippen molar-refractivity contribution in [3.05, 3.63) is 65.5 Å². The van der Waals surface area contributed by atoms with Crippen LogP contribution in [0.1, 0.15) is 30.5 Å². The maximum atomic E-state index is 12.7. The molecule has 2 N–H and O–H groups in total. The van der Waals surface area contributed by atoms with Crippen molar-refractivity contribution in [2.45, 2.75) is 33.4 Å². The summed E-state index contributed by atoms with van der Waals surface area (Å²) in [6.07, 6.45) is 4.05. The molecule has 0 atom stereocenters. The van der Waals surface area contributed by atoms with Gasteiger partial charge < -0.3 is 14.7 Å². The summed E-state index contributed by atoms with van der Waals surface area (Å²) < 4.78 is 5.87. The van der Waals surface area contributed by atoms with E-state index in [9.17, 15) is 14.7 Å². The van der Waals surface area contributed by atoms with Crippen molar-refractivity contribution in [1.82, 2.24) is 20.1 Å². The van der Waals surface area contributed by atoms with E-state index < -0.39 is 11.4 Å². The first kappa shape index (κ1) is 20.6. The van der Waals surface area contributed by atoms with Crippen molar-refractivity contribution >= 4 is 11.9 Å². The first-order chi connectivity index (χ1) is 14.8. The van der Waals surface area contributed by atoms with Crippen molar-refractivity contribution in [2.24, 2.45) is 5.41 Å². The van der Waals surface area contributed by atoms with Crippen LogP contribution >= 0.6 is 0 Å². The second-order valence-corrected chi connectivity index (χ2v) is 8.15. The molecule has 0 saturated carbocycles. The molecule has 0 bridgehead atoms. The van der Waals surface area contributed by atoms with Gasteiger partial charge in [-0.05, 0) is 55.2 Å². The number of amides is 1. The highest BCUT2D eigenvalue weighted by atomic mass is 16.5. The van der Waals surface area contributed by atoms with Crippen LogP contribution in [-0.4, -0.2) is 43.6 Å². The summed E-state index contributed by atoms with van der Waals surface area (Å²) in [5.74, 6) is -0.825. The van der Waals surface area contributed by atoms with Crippen LogP contribution in [0.3, 0.4) is 0 Å². The van der Waals surface area contributed by atoms with Gasteiger partial charge in [-0.3, -0.25) is 19.7 Å². The number of fused-ring (bicyclic) bond motifs is 1. The van der Waals surface area contributed by atoms with Gasteiger partial charge >= 0.3 is 5.97 Å². The molecule has 3 heterocycles. The monoisotopic (exact) mass is 420 g/mol. The number of ether oxygens (including phenoxy) is 1. The van der Waals surface area contributed by atoms with Gasteiger partial charge in [0.1, 0.15) is 17.8 Å². The summed E-state index contributed by atoms with van der Waals surface area (Å²) in [4.78, 5) is 30.1. The maximum absolute atomic E-state index is 12.7. The van der Waals surface area contributed by atoms with Crippen LogP contribution < -0.4 is 4.74 Å². The smallest absolute Gasteiger partial charge is 0.318 e. The van der Waals surface area contributed by atoms with Crippen LogP contribution in [-0.2, 0) is 29.2 Å². The molecule has 1 aliphatic heterocycles. The number of carbonyl (C=O) groups excluding carboxylic acids is 1. The fraction of sp³-hybridized carbons (Fsp3) is 0.304. The summed E-state index contributed by atoms with van der Waals surface area (Å²) in [6.45, 7) is 4.19. The zero-order valence-electron chi connectivity index (χ0n) is 17.5. The Labute approximate surface area is 179 Å². The number of nitrogens with one attached hydrogen (secondary N) is 1. The summed E-state index contributed by atoms with van der Waals surface area (Å²) in [5, 5.41) is 16.1. The largest absolute Gasteiger partial charge is 0.487 e. The van der Waals surface area contributed by atoms with E-state index in [2.05, 4.69) is 21.2 Å². The van der Waals surface area contributed by atoms with Crippen LogP contribution in [0.5, 0.6) is 5.75 Å². The van der Waals surface area contributed by atoms with E-state index in [1.165, 1.54) is 19.4 Å². The zero-order valence-corrected chi connectivity index (χ0v) is 17.5. The minimum absolute atomic E-state index is 0.365. The standard InChI is InChI=1S/C23H24N4O4/c1-23(2,22(29)30)21(28)27-10-8-16-4-3-15(11-17(16)13-27)14-31-18-5-6-19(24-12-18)20-7-9-25-26-20/h3-7,9,11-12H,8,10,13-14H2,1-2H3,(H,25,26)(H,29,30). The Morgan fingerprint density at radius 1 is 1.19 bits per heavy atom. The SMILES string of the molecule is CC(C)(C(=O)O)C(=O)N1CCc2ccc(COc3ccc(-c4ccn[nH]4)nc3)cc2C1. The first-order valence-corrected chi connectivity index (χ1v) is 10.1. The third kappa shape index (κ3) is 4.28. The highest BCUT2D eigenvalue weighted by molar-refractivity contribution is 6.01. The van der Waals surface area contributed by atoms with Crippen LogP contribution in [0.4, 0.5) is 0 Å². The minimum atomic E-state index is -1.44. The van der Waals surface area contributed by atoms with E-state index in [4.69, 9.17) is 4.74 Å². The quantitative estimate of drug-likeness (QED) is 0.594. The molecular formula is C23H24N4O4. The number of benzene rings is 1. The number of hydrogen-bond acceptors (Lipinski definition) is 5. The first-order valence-electron chi connectivity index (χ1n) is 10.1. The maximum Gasteiger partial charge on any atom is 0.318 e. The van der Waals surface area contributed by atoms with Gasteiger partial charge in [-0.15, -0.1) is 0 Å². The fourth-order valence-electron chi connectivity index (χ4n) is 3.55. The Bertz CT molecular complexity index is 1090. The molecular weight excluding hydrogens is 396 g/mol. The van der Waals surface area contributed by atoms with Gasteiger partial charge in [-0.2, -0.15) is 5.10 Å². The number of carbonyl (C=O) groups is 2. The number of carboxylic acids is 1. The van der Waals surface area contributed by atoms with Crippen molar-refractivity contribution in [3.63, 3.8) is 0 Å². The highest BCUT2D eigenvalue weighted by Crippen LogP contribution is 2.26. The Kier molecular flexibility index (Phi) is 5.46. The zero-order chi connectivity index (χ0) is 22.0. The molecule has 0 radical (unpaired) electrons. The van der Waals surface area contributed by atoms with Crippen molar-refractivity contribution in [1.29, 1.82) is 0 Å².